The molecule has 0 aliphatic carbocycles. The summed E-state index contributed by atoms with van der Waals surface area (Å²) in [6.45, 7) is 7.27. The first-order chi connectivity index (χ1) is 16.7. The second-order valence-electron chi connectivity index (χ2n) is 8.88. The number of amides is 1. The molecule has 5 rings (SSSR count). The quantitative estimate of drug-likeness (QED) is 0.564. The third-order valence-electron chi connectivity index (χ3n) is 6.80. The van der Waals surface area contributed by atoms with Crippen LogP contribution in [0.2, 0.25) is 0 Å². The molecule has 0 spiro atoms. The highest BCUT2D eigenvalue weighted by molar-refractivity contribution is 6.07. The zero-order valence-corrected chi connectivity index (χ0v) is 19.8. The number of hydrogen-bond acceptors (Lipinski definition) is 6. The number of rotatable bonds is 6. The molecule has 2 fully saturated rings. The predicted molar refractivity (Wildman–Crippen MR) is 134 cm³/mol. The Kier molecular flexibility index (Phi) is 6.92. The molecule has 34 heavy (non-hydrogen) atoms. The minimum atomic E-state index is 0.0706. The number of pyridine rings is 1. The summed E-state index contributed by atoms with van der Waals surface area (Å²) in [6.07, 6.45) is 1.02. The van der Waals surface area contributed by atoms with Crippen LogP contribution < -0.4 is 9.64 Å². The van der Waals surface area contributed by atoms with Gasteiger partial charge in [0.05, 0.1) is 31.4 Å². The lowest BCUT2D eigenvalue weighted by Gasteiger charge is -2.36. The SMILES string of the molecule is COc1ccc(CCN2CCN(c3cc(C(=O)N4CCOCC4)c4ccccc4n3)CC2)cc1. The van der Waals surface area contributed by atoms with E-state index in [1.54, 1.807) is 7.11 Å². The number of ether oxygens (including phenoxy) is 2. The molecule has 0 N–H and O–H groups in total. The average Bonchev–Trinajstić information content (AvgIpc) is 2.92. The lowest BCUT2D eigenvalue weighted by atomic mass is 10.1. The number of morpholine rings is 1. The third-order valence-corrected chi connectivity index (χ3v) is 6.80. The minimum absolute atomic E-state index is 0.0706. The molecule has 0 unspecified atom stereocenters. The monoisotopic (exact) mass is 460 g/mol. The molecule has 3 aromatic rings. The summed E-state index contributed by atoms with van der Waals surface area (Å²) in [7, 11) is 1.69. The fourth-order valence-corrected chi connectivity index (χ4v) is 4.72. The van der Waals surface area contributed by atoms with Gasteiger partial charge in [0, 0.05) is 51.2 Å². The lowest BCUT2D eigenvalue weighted by molar-refractivity contribution is 0.0304. The van der Waals surface area contributed by atoms with Gasteiger partial charge in [-0.3, -0.25) is 9.69 Å². The van der Waals surface area contributed by atoms with Crippen molar-refractivity contribution in [3.63, 3.8) is 0 Å². The molecule has 178 valence electrons. The third kappa shape index (κ3) is 5.00. The number of carbonyl (C=O) groups excluding carboxylic acids is 1. The molecule has 2 aliphatic heterocycles. The van der Waals surface area contributed by atoms with Crippen molar-refractivity contribution in [3.05, 3.63) is 65.7 Å². The molecule has 7 nitrogen and oxygen atoms in total. The fraction of sp³-hybridized carbons (Fsp3) is 0.407. The predicted octanol–water partition coefficient (Wildman–Crippen LogP) is 3.08. The number of fused-ring (bicyclic) bond motifs is 1. The Morgan fingerprint density at radius 1 is 0.971 bits per heavy atom. The standard InChI is InChI=1S/C27H32N4O3/c1-33-22-8-6-21(7-9-22)10-11-29-12-14-30(15-13-29)26-20-24(23-4-2-3-5-25(23)28-26)27(32)31-16-18-34-19-17-31/h2-9,20H,10-19H2,1H3. The minimum Gasteiger partial charge on any atom is -0.497 e. The molecule has 2 aliphatic rings. The molecule has 0 radical (unpaired) electrons. The van der Waals surface area contributed by atoms with Gasteiger partial charge >= 0.3 is 0 Å². The zero-order valence-electron chi connectivity index (χ0n) is 19.8. The maximum Gasteiger partial charge on any atom is 0.254 e. The summed E-state index contributed by atoms with van der Waals surface area (Å²) in [5.41, 5.74) is 2.94. The number of benzene rings is 2. The van der Waals surface area contributed by atoms with Crippen LogP contribution in [0.25, 0.3) is 10.9 Å². The lowest BCUT2D eigenvalue weighted by Crippen LogP contribution is -2.47. The number of methoxy groups -OCH3 is 1. The van der Waals surface area contributed by atoms with E-state index in [0.29, 0.717) is 26.3 Å². The Hall–Kier alpha value is -3.16. The van der Waals surface area contributed by atoms with Crippen LogP contribution in [0.4, 0.5) is 5.82 Å². The van der Waals surface area contributed by atoms with Crippen LogP contribution in [0.3, 0.4) is 0 Å². The summed E-state index contributed by atoms with van der Waals surface area (Å²) >= 11 is 0. The Bertz CT molecular complexity index is 1120. The van der Waals surface area contributed by atoms with Gasteiger partial charge < -0.3 is 19.3 Å². The molecular formula is C27H32N4O3. The van der Waals surface area contributed by atoms with Crippen LogP contribution in [0.15, 0.2) is 54.6 Å². The van der Waals surface area contributed by atoms with Crippen molar-refractivity contribution in [3.8, 4) is 5.75 Å². The van der Waals surface area contributed by atoms with Crippen molar-refractivity contribution in [2.45, 2.75) is 6.42 Å². The van der Waals surface area contributed by atoms with Crippen LogP contribution in [-0.2, 0) is 11.2 Å². The van der Waals surface area contributed by atoms with E-state index in [2.05, 4.69) is 21.9 Å². The first-order valence-electron chi connectivity index (χ1n) is 12.1. The molecule has 7 heteroatoms. The Morgan fingerprint density at radius 2 is 1.71 bits per heavy atom. The van der Waals surface area contributed by atoms with Crippen LogP contribution in [0.5, 0.6) is 5.75 Å². The first kappa shape index (κ1) is 22.6. The molecule has 0 atom stereocenters. The topological polar surface area (TPSA) is 58.1 Å². The van der Waals surface area contributed by atoms with E-state index >= 15 is 0 Å². The van der Waals surface area contributed by atoms with Gasteiger partial charge in [-0.2, -0.15) is 0 Å². The van der Waals surface area contributed by atoms with Crippen LogP contribution >= 0.6 is 0 Å². The zero-order chi connectivity index (χ0) is 23.3. The summed E-state index contributed by atoms with van der Waals surface area (Å²) in [4.78, 5) is 25.0. The molecule has 2 aromatic carbocycles. The van der Waals surface area contributed by atoms with Crippen LogP contribution in [0, 0.1) is 0 Å². The van der Waals surface area contributed by atoms with E-state index in [1.807, 2.05) is 47.4 Å². The smallest absolute Gasteiger partial charge is 0.254 e. The molecule has 1 amide bonds. The highest BCUT2D eigenvalue weighted by atomic mass is 16.5. The summed E-state index contributed by atoms with van der Waals surface area (Å²) in [5.74, 6) is 1.86. The maximum absolute atomic E-state index is 13.4. The number of carbonyl (C=O) groups is 1. The Morgan fingerprint density at radius 3 is 2.44 bits per heavy atom. The van der Waals surface area contributed by atoms with Crippen molar-refractivity contribution in [1.82, 2.24) is 14.8 Å². The summed E-state index contributed by atoms with van der Waals surface area (Å²) in [5, 5.41) is 0.917. The fourth-order valence-electron chi connectivity index (χ4n) is 4.72. The van der Waals surface area contributed by atoms with Gasteiger partial charge in [0.2, 0.25) is 0 Å². The number of piperazine rings is 1. The molecule has 0 bridgehead atoms. The number of aromatic nitrogens is 1. The van der Waals surface area contributed by atoms with Gasteiger partial charge in [-0.05, 0) is 36.2 Å². The van der Waals surface area contributed by atoms with E-state index in [0.717, 1.165) is 67.2 Å². The van der Waals surface area contributed by atoms with Crippen LogP contribution in [0.1, 0.15) is 15.9 Å². The van der Waals surface area contributed by atoms with E-state index in [-0.39, 0.29) is 5.91 Å². The number of anilines is 1. The van der Waals surface area contributed by atoms with Crippen molar-refractivity contribution < 1.29 is 14.3 Å². The van der Waals surface area contributed by atoms with E-state index in [4.69, 9.17) is 14.5 Å². The maximum atomic E-state index is 13.4. The van der Waals surface area contributed by atoms with E-state index in [9.17, 15) is 4.79 Å². The number of hydrogen-bond donors (Lipinski definition) is 0. The average molecular weight is 461 g/mol. The van der Waals surface area contributed by atoms with Gasteiger partial charge in [0.15, 0.2) is 0 Å². The van der Waals surface area contributed by atoms with E-state index in [1.165, 1.54) is 5.56 Å². The highest BCUT2D eigenvalue weighted by Gasteiger charge is 2.24. The molecule has 3 heterocycles. The summed E-state index contributed by atoms with van der Waals surface area (Å²) < 4.78 is 10.7. The number of nitrogens with zero attached hydrogens (tertiary/aromatic N) is 4. The van der Waals surface area contributed by atoms with Crippen LogP contribution in [-0.4, -0.2) is 86.8 Å². The largest absolute Gasteiger partial charge is 0.497 e. The normalized spacial score (nSPS) is 17.2. The molecular weight excluding hydrogens is 428 g/mol. The second-order valence-corrected chi connectivity index (χ2v) is 8.88. The Labute approximate surface area is 200 Å². The summed E-state index contributed by atoms with van der Waals surface area (Å²) in [6, 6.07) is 18.3. The van der Waals surface area contributed by atoms with Crippen molar-refractivity contribution in [2.75, 3.05) is 71.0 Å². The number of para-hydroxylation sites is 1. The van der Waals surface area contributed by atoms with Crippen molar-refractivity contribution in [1.29, 1.82) is 0 Å². The van der Waals surface area contributed by atoms with Gasteiger partial charge in [-0.15, -0.1) is 0 Å². The molecule has 1 aromatic heterocycles. The second kappa shape index (κ2) is 10.4. The Balaban J connectivity index is 1.26. The highest BCUT2D eigenvalue weighted by Crippen LogP contribution is 2.25. The molecule has 2 saturated heterocycles. The molecule has 0 saturated carbocycles. The van der Waals surface area contributed by atoms with E-state index < -0.39 is 0 Å². The first-order valence-corrected chi connectivity index (χ1v) is 12.1. The van der Waals surface area contributed by atoms with Gasteiger partial charge in [-0.25, -0.2) is 4.98 Å². The van der Waals surface area contributed by atoms with Gasteiger partial charge in [0.25, 0.3) is 5.91 Å². The van der Waals surface area contributed by atoms with Crippen molar-refractivity contribution >= 4 is 22.6 Å². The van der Waals surface area contributed by atoms with Crippen molar-refractivity contribution in [2.24, 2.45) is 0 Å². The van der Waals surface area contributed by atoms with Gasteiger partial charge in [0.1, 0.15) is 11.6 Å². The van der Waals surface area contributed by atoms with Gasteiger partial charge in [-0.1, -0.05) is 30.3 Å².